The highest BCUT2D eigenvalue weighted by molar-refractivity contribution is 6.30. The van der Waals surface area contributed by atoms with Gasteiger partial charge in [-0.3, -0.25) is 4.79 Å². The molecule has 1 N–H and O–H groups in total. The van der Waals surface area contributed by atoms with Crippen LogP contribution in [-0.4, -0.2) is 36.0 Å². The average molecular weight is 305 g/mol. The van der Waals surface area contributed by atoms with Crippen LogP contribution >= 0.6 is 11.6 Å². The molecule has 2 saturated heterocycles. The maximum atomic E-state index is 12.0. The summed E-state index contributed by atoms with van der Waals surface area (Å²) >= 11 is 5.93. The second-order valence-corrected chi connectivity index (χ2v) is 6.55. The zero-order valence-corrected chi connectivity index (χ0v) is 13.0. The van der Waals surface area contributed by atoms with Gasteiger partial charge in [0.05, 0.1) is 0 Å². The fourth-order valence-electron chi connectivity index (χ4n) is 3.56. The van der Waals surface area contributed by atoms with Crippen molar-refractivity contribution in [3.63, 3.8) is 0 Å². The molecule has 0 saturated carbocycles. The Hall–Kier alpha value is -1.32. The molecular weight excluding hydrogens is 284 g/mol. The number of nitrogens with one attached hydrogen (secondary N) is 1. The second-order valence-electron chi connectivity index (χ2n) is 6.12. The molecule has 112 valence electrons. The zero-order valence-electron chi connectivity index (χ0n) is 12.3. The Labute approximate surface area is 131 Å². The SMILES string of the molecule is CN1C2CCC1CC(NC(=O)/C=C/c1cccc(Cl)c1)C2. The summed E-state index contributed by atoms with van der Waals surface area (Å²) in [5.41, 5.74) is 0.945. The Bertz CT molecular complexity index is 543. The number of piperidine rings is 1. The van der Waals surface area contributed by atoms with Gasteiger partial charge in [-0.1, -0.05) is 23.7 Å². The van der Waals surface area contributed by atoms with Crippen molar-refractivity contribution in [3.05, 3.63) is 40.9 Å². The van der Waals surface area contributed by atoms with Gasteiger partial charge < -0.3 is 10.2 Å². The first-order valence-corrected chi connectivity index (χ1v) is 7.95. The minimum atomic E-state index is -0.0103. The van der Waals surface area contributed by atoms with E-state index in [1.165, 1.54) is 12.8 Å². The number of nitrogens with zero attached hydrogens (tertiary/aromatic N) is 1. The van der Waals surface area contributed by atoms with E-state index in [0.717, 1.165) is 18.4 Å². The molecule has 1 amide bonds. The summed E-state index contributed by atoms with van der Waals surface area (Å²) in [4.78, 5) is 14.5. The fraction of sp³-hybridized carbons (Fsp3) is 0.471. The average Bonchev–Trinajstić information content (AvgIpc) is 2.68. The molecule has 0 aliphatic carbocycles. The lowest BCUT2D eigenvalue weighted by molar-refractivity contribution is -0.117. The fourth-order valence-corrected chi connectivity index (χ4v) is 3.76. The summed E-state index contributed by atoms with van der Waals surface area (Å²) in [7, 11) is 2.21. The van der Waals surface area contributed by atoms with Crippen molar-refractivity contribution < 1.29 is 4.79 Å². The van der Waals surface area contributed by atoms with Gasteiger partial charge in [0.15, 0.2) is 0 Å². The lowest BCUT2D eigenvalue weighted by Crippen LogP contribution is -2.48. The number of fused-ring (bicyclic) bond motifs is 2. The predicted octanol–water partition coefficient (Wildman–Crippen LogP) is 3.09. The van der Waals surface area contributed by atoms with E-state index in [1.54, 1.807) is 6.08 Å². The molecule has 2 aliphatic heterocycles. The number of hydrogen-bond acceptors (Lipinski definition) is 2. The normalized spacial score (nSPS) is 29.0. The van der Waals surface area contributed by atoms with Crippen LogP contribution in [0.15, 0.2) is 30.3 Å². The van der Waals surface area contributed by atoms with Gasteiger partial charge in [0, 0.05) is 29.2 Å². The van der Waals surface area contributed by atoms with Crippen molar-refractivity contribution in [1.29, 1.82) is 0 Å². The summed E-state index contributed by atoms with van der Waals surface area (Å²) in [6.45, 7) is 0. The summed E-state index contributed by atoms with van der Waals surface area (Å²) < 4.78 is 0. The topological polar surface area (TPSA) is 32.3 Å². The van der Waals surface area contributed by atoms with E-state index in [0.29, 0.717) is 23.1 Å². The molecular formula is C17H21ClN2O. The highest BCUT2D eigenvalue weighted by Gasteiger charge is 2.38. The van der Waals surface area contributed by atoms with Gasteiger partial charge in [-0.25, -0.2) is 0 Å². The van der Waals surface area contributed by atoms with Crippen LogP contribution in [0.3, 0.4) is 0 Å². The van der Waals surface area contributed by atoms with Gasteiger partial charge in [0.25, 0.3) is 0 Å². The second kappa shape index (κ2) is 6.20. The van der Waals surface area contributed by atoms with Crippen LogP contribution in [0.4, 0.5) is 0 Å². The highest BCUT2D eigenvalue weighted by Crippen LogP contribution is 2.34. The summed E-state index contributed by atoms with van der Waals surface area (Å²) in [6.07, 6.45) is 8.10. The molecule has 0 spiro atoms. The minimum absolute atomic E-state index is 0.0103. The standard InChI is InChI=1S/C17H21ClN2O/c1-20-15-6-7-16(20)11-14(10-15)19-17(21)8-5-12-3-2-4-13(18)9-12/h2-5,8-9,14-16H,6-7,10-11H2,1H3,(H,19,21)/b8-5+. The Kier molecular flexibility index (Phi) is 4.32. The van der Waals surface area contributed by atoms with Gasteiger partial charge in [-0.15, -0.1) is 0 Å². The predicted molar refractivity (Wildman–Crippen MR) is 86.2 cm³/mol. The molecule has 21 heavy (non-hydrogen) atoms. The highest BCUT2D eigenvalue weighted by atomic mass is 35.5. The number of carbonyl (C=O) groups is 1. The minimum Gasteiger partial charge on any atom is -0.350 e. The Morgan fingerprint density at radius 2 is 2.05 bits per heavy atom. The van der Waals surface area contributed by atoms with Crippen molar-refractivity contribution in [2.45, 2.75) is 43.8 Å². The van der Waals surface area contributed by atoms with Crippen molar-refractivity contribution >= 4 is 23.6 Å². The third-order valence-corrected chi connectivity index (χ3v) is 4.96. The number of halogens is 1. The Balaban J connectivity index is 1.55. The molecule has 3 rings (SSSR count). The van der Waals surface area contributed by atoms with Gasteiger partial charge >= 0.3 is 0 Å². The van der Waals surface area contributed by atoms with Gasteiger partial charge in [0.2, 0.25) is 5.91 Å². The number of amides is 1. The summed E-state index contributed by atoms with van der Waals surface area (Å²) in [6, 6.07) is 9.10. The van der Waals surface area contributed by atoms with Gasteiger partial charge in [-0.05, 0) is 56.5 Å². The Morgan fingerprint density at radius 1 is 1.33 bits per heavy atom. The van der Waals surface area contributed by atoms with Crippen LogP contribution < -0.4 is 5.32 Å². The maximum absolute atomic E-state index is 12.0. The lowest BCUT2D eigenvalue weighted by atomic mass is 9.98. The van der Waals surface area contributed by atoms with E-state index in [-0.39, 0.29) is 5.91 Å². The molecule has 2 unspecified atom stereocenters. The first-order chi connectivity index (χ1) is 10.1. The van der Waals surface area contributed by atoms with E-state index in [1.807, 2.05) is 30.3 Å². The van der Waals surface area contributed by atoms with E-state index < -0.39 is 0 Å². The molecule has 2 heterocycles. The molecule has 2 fully saturated rings. The third kappa shape index (κ3) is 3.47. The molecule has 0 aromatic heterocycles. The van der Waals surface area contributed by atoms with Crippen LogP contribution in [0, 0.1) is 0 Å². The van der Waals surface area contributed by atoms with Gasteiger partial charge in [-0.2, -0.15) is 0 Å². The summed E-state index contributed by atoms with van der Waals surface area (Å²) in [5.74, 6) is -0.0103. The molecule has 4 heteroatoms. The molecule has 2 bridgehead atoms. The first kappa shape index (κ1) is 14.6. The van der Waals surface area contributed by atoms with Crippen molar-refractivity contribution in [2.75, 3.05) is 7.05 Å². The monoisotopic (exact) mass is 304 g/mol. The molecule has 1 aromatic rings. The maximum Gasteiger partial charge on any atom is 0.244 e. The zero-order chi connectivity index (χ0) is 14.8. The molecule has 3 nitrogen and oxygen atoms in total. The smallest absolute Gasteiger partial charge is 0.244 e. The summed E-state index contributed by atoms with van der Waals surface area (Å²) in [5, 5.41) is 3.82. The number of carbonyl (C=O) groups excluding carboxylic acids is 1. The van der Waals surface area contributed by atoms with E-state index >= 15 is 0 Å². The van der Waals surface area contributed by atoms with E-state index in [9.17, 15) is 4.79 Å². The third-order valence-electron chi connectivity index (χ3n) is 4.72. The van der Waals surface area contributed by atoms with Crippen LogP contribution in [0.1, 0.15) is 31.2 Å². The van der Waals surface area contributed by atoms with Crippen LogP contribution in [0.5, 0.6) is 0 Å². The molecule has 2 atom stereocenters. The first-order valence-electron chi connectivity index (χ1n) is 7.58. The lowest BCUT2D eigenvalue weighted by Gasteiger charge is -2.36. The van der Waals surface area contributed by atoms with Gasteiger partial charge in [0.1, 0.15) is 0 Å². The number of benzene rings is 1. The Morgan fingerprint density at radius 3 is 2.71 bits per heavy atom. The van der Waals surface area contributed by atoms with Crippen molar-refractivity contribution in [3.8, 4) is 0 Å². The quantitative estimate of drug-likeness (QED) is 0.870. The van der Waals surface area contributed by atoms with Crippen LogP contribution in [0.25, 0.3) is 6.08 Å². The molecule has 2 aliphatic rings. The van der Waals surface area contributed by atoms with Crippen LogP contribution in [-0.2, 0) is 4.79 Å². The van der Waals surface area contributed by atoms with Crippen molar-refractivity contribution in [2.24, 2.45) is 0 Å². The number of rotatable bonds is 3. The number of hydrogen-bond donors (Lipinski definition) is 1. The van der Waals surface area contributed by atoms with Crippen LogP contribution in [0.2, 0.25) is 5.02 Å². The van der Waals surface area contributed by atoms with E-state index in [2.05, 4.69) is 17.3 Å². The largest absolute Gasteiger partial charge is 0.350 e. The van der Waals surface area contributed by atoms with E-state index in [4.69, 9.17) is 11.6 Å². The molecule has 1 aromatic carbocycles. The molecule has 0 radical (unpaired) electrons. The van der Waals surface area contributed by atoms with Crippen molar-refractivity contribution in [1.82, 2.24) is 10.2 Å².